The lowest BCUT2D eigenvalue weighted by Gasteiger charge is -2.33. The number of ether oxygens (including phenoxy) is 1. The predicted octanol–water partition coefficient (Wildman–Crippen LogP) is 2.98. The van der Waals surface area contributed by atoms with Crippen LogP contribution in [-0.4, -0.2) is 56.4 Å². The quantitative estimate of drug-likeness (QED) is 0.600. The van der Waals surface area contributed by atoms with E-state index in [1.165, 1.54) is 0 Å². The SMILES string of the molecule is COc1ccc(C(O)C(=O)N[C@]23CCC[C@@H]2N(C(=O)c2cn4cc(Cl)ccc4n2)CC3)cc1. The molecule has 8 nitrogen and oxygen atoms in total. The second-order valence-electron chi connectivity index (χ2n) is 8.72. The molecule has 3 aromatic rings. The number of aromatic nitrogens is 2. The normalized spacial score (nSPS) is 22.9. The number of aliphatic hydroxyl groups is 1. The number of benzene rings is 1. The van der Waals surface area contributed by atoms with E-state index < -0.39 is 17.6 Å². The van der Waals surface area contributed by atoms with E-state index in [4.69, 9.17) is 16.3 Å². The number of amides is 2. The number of carbonyl (C=O) groups is 2. The second kappa shape index (κ2) is 8.35. The van der Waals surface area contributed by atoms with E-state index in [1.807, 2.05) is 4.90 Å². The van der Waals surface area contributed by atoms with Gasteiger partial charge in [0.05, 0.1) is 23.7 Å². The summed E-state index contributed by atoms with van der Waals surface area (Å²) in [6, 6.07) is 10.1. The van der Waals surface area contributed by atoms with E-state index >= 15 is 0 Å². The standard InChI is InChI=1S/C24H25ClN4O4/c1-33-17-7-4-15(5-8-17)21(30)22(31)27-24-10-2-3-19(24)29(12-11-24)23(32)18-14-28-13-16(25)6-9-20(28)26-18/h4-9,13-14,19,21,30H,2-3,10-12H2,1H3,(H,27,31)/t19-,21?,24-/m0/s1. The van der Waals surface area contributed by atoms with Crippen molar-refractivity contribution in [1.29, 1.82) is 0 Å². The topological polar surface area (TPSA) is 96.2 Å². The maximum absolute atomic E-state index is 13.3. The number of likely N-dealkylation sites (tertiary alicyclic amines) is 1. The second-order valence-corrected chi connectivity index (χ2v) is 9.15. The van der Waals surface area contributed by atoms with Crippen molar-refractivity contribution in [2.75, 3.05) is 13.7 Å². The van der Waals surface area contributed by atoms with Crippen LogP contribution in [0, 0.1) is 0 Å². The molecular formula is C24H25ClN4O4. The number of carbonyl (C=O) groups excluding carboxylic acids is 2. The number of imidazole rings is 1. The first kappa shape index (κ1) is 21.7. The Morgan fingerprint density at radius 1 is 1.21 bits per heavy atom. The van der Waals surface area contributed by atoms with Crippen molar-refractivity contribution in [3.63, 3.8) is 0 Å². The zero-order valence-corrected chi connectivity index (χ0v) is 19.0. The maximum atomic E-state index is 13.3. The summed E-state index contributed by atoms with van der Waals surface area (Å²) in [5.74, 6) is 0.0391. The molecule has 9 heteroatoms. The lowest BCUT2D eigenvalue weighted by atomic mass is 9.92. The van der Waals surface area contributed by atoms with Gasteiger partial charge < -0.3 is 24.5 Å². The van der Waals surface area contributed by atoms with E-state index in [9.17, 15) is 14.7 Å². The largest absolute Gasteiger partial charge is 0.497 e. The molecule has 5 rings (SSSR count). The number of nitrogens with one attached hydrogen (secondary N) is 1. The summed E-state index contributed by atoms with van der Waals surface area (Å²) in [6.45, 7) is 0.525. The summed E-state index contributed by atoms with van der Waals surface area (Å²) < 4.78 is 6.87. The van der Waals surface area contributed by atoms with Gasteiger partial charge in [-0.05, 0) is 55.5 Å². The average molecular weight is 469 g/mol. The summed E-state index contributed by atoms with van der Waals surface area (Å²) in [6.07, 6.45) is 5.21. The summed E-state index contributed by atoms with van der Waals surface area (Å²) in [7, 11) is 1.56. The molecule has 0 bridgehead atoms. The molecule has 2 N–H and O–H groups in total. The molecule has 2 aliphatic rings. The third-order valence-corrected chi connectivity index (χ3v) is 7.08. The zero-order chi connectivity index (χ0) is 23.2. The van der Waals surface area contributed by atoms with Crippen LogP contribution in [0.25, 0.3) is 5.65 Å². The molecule has 0 spiro atoms. The Bertz CT molecular complexity index is 1210. The molecule has 1 saturated carbocycles. The van der Waals surface area contributed by atoms with Crippen molar-refractivity contribution < 1.29 is 19.4 Å². The summed E-state index contributed by atoms with van der Waals surface area (Å²) in [4.78, 5) is 32.6. The number of methoxy groups -OCH3 is 1. The monoisotopic (exact) mass is 468 g/mol. The van der Waals surface area contributed by atoms with Gasteiger partial charge in [-0.25, -0.2) is 4.98 Å². The van der Waals surface area contributed by atoms with E-state index in [0.29, 0.717) is 40.6 Å². The molecule has 1 aliphatic heterocycles. The van der Waals surface area contributed by atoms with Crippen molar-refractivity contribution >= 4 is 29.1 Å². The molecule has 3 atom stereocenters. The lowest BCUT2D eigenvalue weighted by molar-refractivity contribution is -0.131. The minimum absolute atomic E-state index is 0.134. The fraction of sp³-hybridized carbons (Fsp3) is 0.375. The van der Waals surface area contributed by atoms with Crippen LogP contribution in [-0.2, 0) is 4.79 Å². The number of fused-ring (bicyclic) bond motifs is 2. The van der Waals surface area contributed by atoms with Crippen molar-refractivity contribution in [2.45, 2.75) is 43.4 Å². The van der Waals surface area contributed by atoms with Gasteiger partial charge in [-0.15, -0.1) is 0 Å². The first-order chi connectivity index (χ1) is 15.9. The molecule has 0 radical (unpaired) electrons. The molecule has 2 aromatic heterocycles. The lowest BCUT2D eigenvalue weighted by Crippen LogP contribution is -2.55. The van der Waals surface area contributed by atoms with Crippen LogP contribution in [0.5, 0.6) is 5.75 Å². The smallest absolute Gasteiger partial charge is 0.274 e. The molecule has 172 valence electrons. The fourth-order valence-corrected chi connectivity index (χ4v) is 5.36. The summed E-state index contributed by atoms with van der Waals surface area (Å²) in [5, 5.41) is 14.3. The minimum atomic E-state index is -1.29. The Balaban J connectivity index is 1.33. The Hall–Kier alpha value is -3.10. The van der Waals surface area contributed by atoms with Crippen LogP contribution in [0.1, 0.15) is 47.8 Å². The van der Waals surface area contributed by atoms with Gasteiger partial charge in [-0.3, -0.25) is 9.59 Å². The number of hydrogen-bond donors (Lipinski definition) is 2. The number of hydrogen-bond acceptors (Lipinski definition) is 5. The summed E-state index contributed by atoms with van der Waals surface area (Å²) >= 11 is 6.05. The Kier molecular flexibility index (Phi) is 5.50. The highest BCUT2D eigenvalue weighted by atomic mass is 35.5. The number of nitrogens with zero attached hydrogens (tertiary/aromatic N) is 3. The van der Waals surface area contributed by atoms with Crippen LogP contribution >= 0.6 is 11.6 Å². The van der Waals surface area contributed by atoms with Gasteiger partial charge >= 0.3 is 0 Å². The van der Waals surface area contributed by atoms with Crippen molar-refractivity contribution in [3.05, 3.63) is 65.1 Å². The first-order valence-corrected chi connectivity index (χ1v) is 11.4. The van der Waals surface area contributed by atoms with Crippen LogP contribution < -0.4 is 10.1 Å². The highest BCUT2D eigenvalue weighted by Gasteiger charge is 2.53. The third-order valence-electron chi connectivity index (χ3n) is 6.86. The van der Waals surface area contributed by atoms with Crippen molar-refractivity contribution in [1.82, 2.24) is 19.6 Å². The molecule has 2 fully saturated rings. The summed E-state index contributed by atoms with van der Waals surface area (Å²) in [5.41, 5.74) is 0.955. The van der Waals surface area contributed by atoms with Crippen LogP contribution in [0.4, 0.5) is 0 Å². The van der Waals surface area contributed by atoms with Gasteiger partial charge in [0.25, 0.3) is 11.8 Å². The number of halogens is 1. The highest BCUT2D eigenvalue weighted by molar-refractivity contribution is 6.30. The Morgan fingerprint density at radius 2 is 2.00 bits per heavy atom. The predicted molar refractivity (Wildman–Crippen MR) is 122 cm³/mol. The van der Waals surface area contributed by atoms with E-state index in [2.05, 4.69) is 10.3 Å². The number of rotatable bonds is 5. The Labute approximate surface area is 196 Å². The van der Waals surface area contributed by atoms with E-state index in [-0.39, 0.29) is 11.9 Å². The number of pyridine rings is 1. The van der Waals surface area contributed by atoms with Gasteiger partial charge in [0.2, 0.25) is 0 Å². The average Bonchev–Trinajstić information content (AvgIpc) is 3.51. The van der Waals surface area contributed by atoms with Gasteiger partial charge in [-0.1, -0.05) is 23.7 Å². The highest BCUT2D eigenvalue weighted by Crippen LogP contribution is 2.42. The van der Waals surface area contributed by atoms with Crippen LogP contribution in [0.15, 0.2) is 48.8 Å². The molecule has 1 saturated heterocycles. The first-order valence-electron chi connectivity index (χ1n) is 11.0. The van der Waals surface area contributed by atoms with Crippen molar-refractivity contribution in [3.8, 4) is 5.75 Å². The van der Waals surface area contributed by atoms with Gasteiger partial charge in [0, 0.05) is 18.9 Å². The van der Waals surface area contributed by atoms with Gasteiger partial charge in [0.1, 0.15) is 17.1 Å². The Morgan fingerprint density at radius 3 is 2.76 bits per heavy atom. The van der Waals surface area contributed by atoms with E-state index in [0.717, 1.165) is 19.3 Å². The zero-order valence-electron chi connectivity index (χ0n) is 18.2. The van der Waals surface area contributed by atoms with Crippen LogP contribution in [0.2, 0.25) is 5.02 Å². The van der Waals surface area contributed by atoms with Gasteiger partial charge in [0.15, 0.2) is 6.10 Å². The van der Waals surface area contributed by atoms with Crippen LogP contribution in [0.3, 0.4) is 0 Å². The van der Waals surface area contributed by atoms with Crippen molar-refractivity contribution in [2.24, 2.45) is 0 Å². The molecule has 3 heterocycles. The fourth-order valence-electron chi connectivity index (χ4n) is 5.19. The van der Waals surface area contributed by atoms with Gasteiger partial charge in [-0.2, -0.15) is 0 Å². The molecule has 33 heavy (non-hydrogen) atoms. The maximum Gasteiger partial charge on any atom is 0.274 e. The molecule has 2 amide bonds. The van der Waals surface area contributed by atoms with E-state index in [1.54, 1.807) is 60.3 Å². The molecular weight excluding hydrogens is 444 g/mol. The number of aliphatic hydroxyl groups excluding tert-OH is 1. The molecule has 1 aliphatic carbocycles. The molecule has 1 unspecified atom stereocenters. The third kappa shape index (κ3) is 3.83. The molecule has 1 aromatic carbocycles. The minimum Gasteiger partial charge on any atom is -0.497 e.